The molecule has 0 aromatic carbocycles. The summed E-state index contributed by atoms with van der Waals surface area (Å²) in [5.74, 6) is 0.977. The molecule has 0 spiro atoms. The maximum atomic E-state index is 6.37. The third-order valence-electron chi connectivity index (χ3n) is 3.57. The Balaban J connectivity index is 2.27. The van der Waals surface area contributed by atoms with Crippen LogP contribution < -0.4 is 5.32 Å². The van der Waals surface area contributed by atoms with E-state index in [0.29, 0.717) is 6.04 Å². The van der Waals surface area contributed by atoms with Crippen molar-refractivity contribution in [2.75, 3.05) is 26.7 Å². The van der Waals surface area contributed by atoms with Crippen molar-refractivity contribution in [3.8, 4) is 0 Å². The Morgan fingerprint density at radius 1 is 1.41 bits per heavy atom. The van der Waals surface area contributed by atoms with E-state index in [1.807, 2.05) is 25.6 Å². The Labute approximate surface area is 108 Å². The average Bonchev–Trinajstić information content (AvgIpc) is 2.91. The number of nitrogens with one attached hydrogen (secondary N) is 1. The fourth-order valence-corrected chi connectivity index (χ4v) is 2.76. The minimum absolute atomic E-state index is 0.301. The Bertz CT molecular complexity index is 382. The second kappa shape index (κ2) is 5.38. The van der Waals surface area contributed by atoms with Crippen LogP contribution in [0.3, 0.4) is 0 Å². The number of hydrogen-bond donors (Lipinski definition) is 1. The first-order valence-corrected chi connectivity index (χ1v) is 6.60. The van der Waals surface area contributed by atoms with Gasteiger partial charge in [-0.3, -0.25) is 4.90 Å². The largest absolute Gasteiger partial charge is 0.322 e. The van der Waals surface area contributed by atoms with E-state index >= 15 is 0 Å². The van der Waals surface area contributed by atoms with Gasteiger partial charge in [-0.05, 0) is 39.9 Å². The molecule has 2 rings (SSSR count). The number of halogens is 1. The summed E-state index contributed by atoms with van der Waals surface area (Å²) in [6, 6.07) is 0.301. The molecule has 1 aromatic rings. The third-order valence-corrected chi connectivity index (χ3v) is 4.02. The molecule has 0 amide bonds. The molecule has 17 heavy (non-hydrogen) atoms. The summed E-state index contributed by atoms with van der Waals surface area (Å²) in [7, 11) is 3.95. The van der Waals surface area contributed by atoms with E-state index in [-0.39, 0.29) is 0 Å². The van der Waals surface area contributed by atoms with Gasteiger partial charge in [0.2, 0.25) is 0 Å². The zero-order valence-corrected chi connectivity index (χ0v) is 11.6. The van der Waals surface area contributed by atoms with Gasteiger partial charge in [0, 0.05) is 13.6 Å². The second-order valence-electron chi connectivity index (χ2n) is 4.71. The van der Waals surface area contributed by atoms with Crippen LogP contribution in [0.2, 0.25) is 5.15 Å². The van der Waals surface area contributed by atoms with Gasteiger partial charge in [-0.25, -0.2) is 4.98 Å². The molecular weight excluding hydrogens is 236 g/mol. The van der Waals surface area contributed by atoms with Crippen molar-refractivity contribution in [3.63, 3.8) is 0 Å². The predicted molar refractivity (Wildman–Crippen MR) is 70.4 cm³/mol. The number of hydrogen-bond acceptors (Lipinski definition) is 3. The number of aromatic nitrogens is 2. The first-order valence-electron chi connectivity index (χ1n) is 6.22. The van der Waals surface area contributed by atoms with Crippen LogP contribution in [-0.2, 0) is 7.05 Å². The highest BCUT2D eigenvalue weighted by Gasteiger charge is 2.27. The minimum atomic E-state index is 0.301. The summed E-state index contributed by atoms with van der Waals surface area (Å²) in [5.41, 5.74) is 1.02. The Morgan fingerprint density at radius 3 is 2.53 bits per heavy atom. The fourth-order valence-electron chi connectivity index (χ4n) is 2.47. The standard InChI is InChI=1S/C12H21ClN4/c1-9-15-11(12(13)16(9)3)10(8-14-2)17-6-4-5-7-17/h10,14H,4-8H2,1-3H3. The molecule has 1 aromatic heterocycles. The zero-order valence-electron chi connectivity index (χ0n) is 10.8. The van der Waals surface area contributed by atoms with Gasteiger partial charge in [0.05, 0.1) is 11.7 Å². The molecular formula is C12H21ClN4. The molecule has 4 nitrogen and oxygen atoms in total. The minimum Gasteiger partial charge on any atom is -0.322 e. The molecule has 1 unspecified atom stereocenters. The van der Waals surface area contributed by atoms with E-state index in [9.17, 15) is 0 Å². The van der Waals surface area contributed by atoms with Crippen LogP contribution in [-0.4, -0.2) is 41.1 Å². The van der Waals surface area contributed by atoms with E-state index in [0.717, 1.165) is 36.3 Å². The summed E-state index contributed by atoms with van der Waals surface area (Å²) in [6.07, 6.45) is 2.56. The Morgan fingerprint density at radius 2 is 2.06 bits per heavy atom. The maximum absolute atomic E-state index is 6.37. The number of likely N-dealkylation sites (N-methyl/N-ethyl adjacent to an activating group) is 1. The molecule has 1 fully saturated rings. The van der Waals surface area contributed by atoms with Crippen molar-refractivity contribution in [3.05, 3.63) is 16.7 Å². The number of nitrogens with zero attached hydrogens (tertiary/aromatic N) is 3. The van der Waals surface area contributed by atoms with E-state index in [4.69, 9.17) is 11.6 Å². The lowest BCUT2D eigenvalue weighted by Gasteiger charge is -2.26. The van der Waals surface area contributed by atoms with Gasteiger partial charge in [0.15, 0.2) is 0 Å². The first kappa shape index (κ1) is 12.9. The van der Waals surface area contributed by atoms with Crippen molar-refractivity contribution in [1.82, 2.24) is 19.8 Å². The van der Waals surface area contributed by atoms with Crippen LogP contribution in [0, 0.1) is 6.92 Å². The highest BCUT2D eigenvalue weighted by Crippen LogP contribution is 2.29. The van der Waals surface area contributed by atoms with Gasteiger partial charge >= 0.3 is 0 Å². The van der Waals surface area contributed by atoms with Crippen LogP contribution in [0.4, 0.5) is 0 Å². The molecule has 5 heteroatoms. The van der Waals surface area contributed by atoms with Crippen molar-refractivity contribution in [2.45, 2.75) is 25.8 Å². The highest BCUT2D eigenvalue weighted by atomic mass is 35.5. The number of imidazole rings is 1. The molecule has 1 aliphatic heterocycles. The normalized spacial score (nSPS) is 18.8. The molecule has 0 bridgehead atoms. The van der Waals surface area contributed by atoms with Crippen LogP contribution in [0.15, 0.2) is 0 Å². The van der Waals surface area contributed by atoms with E-state index in [2.05, 4.69) is 15.2 Å². The Kier molecular flexibility index (Phi) is 4.07. The summed E-state index contributed by atoms with van der Waals surface area (Å²) >= 11 is 6.37. The van der Waals surface area contributed by atoms with Crippen LogP contribution in [0.5, 0.6) is 0 Å². The molecule has 0 radical (unpaired) electrons. The fraction of sp³-hybridized carbons (Fsp3) is 0.750. The lowest BCUT2D eigenvalue weighted by atomic mass is 10.2. The van der Waals surface area contributed by atoms with Crippen LogP contribution in [0.1, 0.15) is 30.4 Å². The first-order chi connectivity index (χ1) is 8.15. The van der Waals surface area contributed by atoms with Gasteiger partial charge in [-0.15, -0.1) is 0 Å². The summed E-state index contributed by atoms with van der Waals surface area (Å²) in [5, 5.41) is 4.02. The van der Waals surface area contributed by atoms with E-state index in [1.54, 1.807) is 0 Å². The summed E-state index contributed by atoms with van der Waals surface area (Å²) < 4.78 is 1.95. The molecule has 2 heterocycles. The molecule has 1 saturated heterocycles. The molecule has 1 aliphatic rings. The predicted octanol–water partition coefficient (Wildman–Crippen LogP) is 1.74. The van der Waals surface area contributed by atoms with Gasteiger partial charge in [-0.1, -0.05) is 11.6 Å². The van der Waals surface area contributed by atoms with Crippen molar-refractivity contribution < 1.29 is 0 Å². The van der Waals surface area contributed by atoms with Crippen molar-refractivity contribution >= 4 is 11.6 Å². The number of aryl methyl sites for hydroxylation is 1. The zero-order chi connectivity index (χ0) is 12.4. The lowest BCUT2D eigenvalue weighted by Crippen LogP contribution is -2.33. The molecule has 0 aliphatic carbocycles. The molecule has 0 saturated carbocycles. The van der Waals surface area contributed by atoms with Crippen LogP contribution in [0.25, 0.3) is 0 Å². The van der Waals surface area contributed by atoms with E-state index < -0.39 is 0 Å². The smallest absolute Gasteiger partial charge is 0.133 e. The van der Waals surface area contributed by atoms with Gasteiger partial charge in [-0.2, -0.15) is 0 Å². The van der Waals surface area contributed by atoms with E-state index in [1.165, 1.54) is 12.8 Å². The molecule has 1 atom stereocenters. The summed E-state index contributed by atoms with van der Waals surface area (Å²) in [4.78, 5) is 7.10. The topological polar surface area (TPSA) is 33.1 Å². The molecule has 96 valence electrons. The quantitative estimate of drug-likeness (QED) is 0.891. The number of likely N-dealkylation sites (tertiary alicyclic amines) is 1. The van der Waals surface area contributed by atoms with Crippen molar-refractivity contribution in [1.29, 1.82) is 0 Å². The SMILES string of the molecule is CNCC(c1nc(C)n(C)c1Cl)N1CCCC1. The third kappa shape index (κ3) is 2.49. The van der Waals surface area contributed by atoms with Gasteiger partial charge < -0.3 is 9.88 Å². The molecule has 1 N–H and O–H groups in total. The average molecular weight is 257 g/mol. The summed E-state index contributed by atoms with van der Waals surface area (Å²) in [6.45, 7) is 5.20. The Hall–Kier alpha value is -0.580. The number of rotatable bonds is 4. The van der Waals surface area contributed by atoms with Crippen molar-refractivity contribution in [2.24, 2.45) is 7.05 Å². The second-order valence-corrected chi connectivity index (χ2v) is 5.07. The van der Waals surface area contributed by atoms with Gasteiger partial charge in [0.1, 0.15) is 11.0 Å². The monoisotopic (exact) mass is 256 g/mol. The maximum Gasteiger partial charge on any atom is 0.133 e. The van der Waals surface area contributed by atoms with Crippen LogP contribution >= 0.6 is 11.6 Å². The van der Waals surface area contributed by atoms with Gasteiger partial charge in [0.25, 0.3) is 0 Å². The highest BCUT2D eigenvalue weighted by molar-refractivity contribution is 6.30. The lowest BCUT2D eigenvalue weighted by molar-refractivity contribution is 0.238.